The minimum Gasteiger partial charge on any atom is -0.493 e. The lowest BCUT2D eigenvalue weighted by Gasteiger charge is -2.13. The predicted octanol–water partition coefficient (Wildman–Crippen LogP) is 2.72. The van der Waals surface area contributed by atoms with E-state index in [1.807, 2.05) is 31.2 Å². The van der Waals surface area contributed by atoms with Crippen LogP contribution >= 0.6 is 11.8 Å². The highest BCUT2D eigenvalue weighted by atomic mass is 32.2. The lowest BCUT2D eigenvalue weighted by molar-refractivity contribution is -0.113. The van der Waals surface area contributed by atoms with Crippen molar-refractivity contribution < 1.29 is 19.0 Å². The normalized spacial score (nSPS) is 10.5. The number of hydrogen-bond donors (Lipinski definition) is 2. The van der Waals surface area contributed by atoms with Gasteiger partial charge in [-0.2, -0.15) is 0 Å². The lowest BCUT2D eigenvalue weighted by atomic mass is 10.1. The number of rotatable bonds is 8. The fraction of sp³-hybridized carbons (Fsp3) is 0.250. The van der Waals surface area contributed by atoms with Gasteiger partial charge in [-0.15, -0.1) is 10.2 Å². The Morgan fingerprint density at radius 1 is 1.10 bits per heavy atom. The molecule has 0 unspecified atom stereocenters. The minimum absolute atomic E-state index is 0.138. The molecule has 2 aromatic carbocycles. The standard InChI is InChI=1S/C20H23N5O4S/c1-12-7-5-6-8-14(12)22-17(26)11-30-20-24-23-19(25(20)21)13-9-15(27-2)18(29-4)16(10-13)28-3/h5-10H,11,21H2,1-4H3,(H,22,26). The second-order valence-corrected chi connectivity index (χ2v) is 7.18. The summed E-state index contributed by atoms with van der Waals surface area (Å²) in [6, 6.07) is 11.0. The molecule has 0 atom stereocenters. The number of carbonyl (C=O) groups excluding carboxylic acids is 1. The van der Waals surface area contributed by atoms with Crippen LogP contribution in [0.15, 0.2) is 41.6 Å². The molecule has 0 fully saturated rings. The maximum Gasteiger partial charge on any atom is 0.234 e. The summed E-state index contributed by atoms with van der Waals surface area (Å²) in [5.74, 6) is 7.97. The van der Waals surface area contributed by atoms with Crippen molar-refractivity contribution in [2.24, 2.45) is 0 Å². The average molecular weight is 430 g/mol. The predicted molar refractivity (Wildman–Crippen MR) is 116 cm³/mol. The van der Waals surface area contributed by atoms with E-state index >= 15 is 0 Å². The Morgan fingerprint density at radius 3 is 2.37 bits per heavy atom. The minimum atomic E-state index is -0.161. The molecule has 0 aliphatic carbocycles. The van der Waals surface area contributed by atoms with Gasteiger partial charge in [-0.05, 0) is 30.7 Å². The molecular weight excluding hydrogens is 406 g/mol. The smallest absolute Gasteiger partial charge is 0.234 e. The Morgan fingerprint density at radius 2 is 1.77 bits per heavy atom. The summed E-state index contributed by atoms with van der Waals surface area (Å²) >= 11 is 1.19. The highest BCUT2D eigenvalue weighted by Gasteiger charge is 2.19. The number of anilines is 1. The molecule has 3 aromatic rings. The molecule has 3 rings (SSSR count). The number of thioether (sulfide) groups is 1. The molecule has 0 aliphatic rings. The number of aryl methyl sites for hydroxylation is 1. The molecule has 30 heavy (non-hydrogen) atoms. The Labute approximate surface area is 178 Å². The van der Waals surface area contributed by atoms with Crippen LogP contribution in [0.3, 0.4) is 0 Å². The monoisotopic (exact) mass is 429 g/mol. The van der Waals surface area contributed by atoms with Crippen LogP contribution in [-0.2, 0) is 4.79 Å². The van der Waals surface area contributed by atoms with Crippen molar-refractivity contribution in [1.29, 1.82) is 0 Å². The van der Waals surface area contributed by atoms with Gasteiger partial charge in [-0.3, -0.25) is 4.79 Å². The van der Waals surface area contributed by atoms with E-state index in [0.717, 1.165) is 11.3 Å². The number of para-hydroxylation sites is 1. The van der Waals surface area contributed by atoms with E-state index in [9.17, 15) is 4.79 Å². The van der Waals surface area contributed by atoms with Gasteiger partial charge >= 0.3 is 0 Å². The third-order valence-electron chi connectivity index (χ3n) is 4.34. The summed E-state index contributed by atoms with van der Waals surface area (Å²) in [7, 11) is 4.59. The number of aromatic nitrogens is 3. The molecule has 1 amide bonds. The van der Waals surface area contributed by atoms with Crippen molar-refractivity contribution in [3.63, 3.8) is 0 Å². The zero-order valence-corrected chi connectivity index (χ0v) is 17.9. The fourth-order valence-electron chi connectivity index (χ4n) is 2.81. The molecule has 1 aromatic heterocycles. The van der Waals surface area contributed by atoms with E-state index in [4.69, 9.17) is 20.1 Å². The summed E-state index contributed by atoms with van der Waals surface area (Å²) in [6.45, 7) is 1.93. The lowest BCUT2D eigenvalue weighted by Crippen LogP contribution is -2.17. The van der Waals surface area contributed by atoms with Gasteiger partial charge in [0, 0.05) is 11.3 Å². The first-order valence-electron chi connectivity index (χ1n) is 8.97. The van der Waals surface area contributed by atoms with E-state index in [-0.39, 0.29) is 11.7 Å². The summed E-state index contributed by atoms with van der Waals surface area (Å²) in [4.78, 5) is 12.3. The summed E-state index contributed by atoms with van der Waals surface area (Å²) in [5, 5.41) is 11.5. The van der Waals surface area contributed by atoms with Gasteiger partial charge in [0.2, 0.25) is 16.8 Å². The molecule has 0 spiro atoms. The molecule has 10 heteroatoms. The van der Waals surface area contributed by atoms with Gasteiger partial charge in [0.25, 0.3) is 0 Å². The molecule has 0 saturated heterocycles. The second-order valence-electron chi connectivity index (χ2n) is 6.24. The van der Waals surface area contributed by atoms with Gasteiger partial charge < -0.3 is 25.4 Å². The Kier molecular flexibility index (Phi) is 6.68. The van der Waals surface area contributed by atoms with Crippen molar-refractivity contribution >= 4 is 23.4 Å². The number of carbonyl (C=O) groups is 1. The number of nitrogens with one attached hydrogen (secondary N) is 1. The molecule has 158 valence electrons. The van der Waals surface area contributed by atoms with Gasteiger partial charge in [0.1, 0.15) is 0 Å². The number of nitrogen functional groups attached to an aromatic ring is 1. The highest BCUT2D eigenvalue weighted by molar-refractivity contribution is 7.99. The third kappa shape index (κ3) is 4.43. The van der Waals surface area contributed by atoms with Crippen LogP contribution in [0.4, 0.5) is 5.69 Å². The molecule has 0 aliphatic heterocycles. The van der Waals surface area contributed by atoms with E-state index < -0.39 is 0 Å². The van der Waals surface area contributed by atoms with Gasteiger partial charge in [0.15, 0.2) is 17.3 Å². The van der Waals surface area contributed by atoms with Crippen LogP contribution in [0.1, 0.15) is 5.56 Å². The number of benzene rings is 2. The summed E-state index contributed by atoms with van der Waals surface area (Å²) in [5.41, 5.74) is 2.40. The van der Waals surface area contributed by atoms with Crippen LogP contribution in [0.5, 0.6) is 17.2 Å². The van der Waals surface area contributed by atoms with E-state index in [1.165, 1.54) is 37.8 Å². The van der Waals surface area contributed by atoms with Crippen molar-refractivity contribution in [3.05, 3.63) is 42.0 Å². The number of hydrogen-bond acceptors (Lipinski definition) is 8. The van der Waals surface area contributed by atoms with Gasteiger partial charge in [-0.25, -0.2) is 4.68 Å². The highest BCUT2D eigenvalue weighted by Crippen LogP contribution is 2.40. The van der Waals surface area contributed by atoms with Crippen molar-refractivity contribution in [2.45, 2.75) is 12.1 Å². The Hall–Kier alpha value is -3.40. The molecule has 0 radical (unpaired) electrons. The van der Waals surface area contributed by atoms with Crippen LogP contribution < -0.4 is 25.4 Å². The van der Waals surface area contributed by atoms with Crippen molar-refractivity contribution in [1.82, 2.24) is 14.9 Å². The zero-order valence-electron chi connectivity index (χ0n) is 17.1. The van der Waals surface area contributed by atoms with Crippen LogP contribution in [0, 0.1) is 6.92 Å². The van der Waals surface area contributed by atoms with E-state index in [2.05, 4.69) is 15.5 Å². The topological polar surface area (TPSA) is 114 Å². The number of amides is 1. The van der Waals surface area contributed by atoms with Crippen LogP contribution in [-0.4, -0.2) is 47.9 Å². The first kappa shape index (κ1) is 21.3. The average Bonchev–Trinajstić information content (AvgIpc) is 3.13. The SMILES string of the molecule is COc1cc(-c2nnc(SCC(=O)Nc3ccccc3C)n2N)cc(OC)c1OC. The molecule has 0 saturated carbocycles. The van der Waals surface area contributed by atoms with Crippen LogP contribution in [0.2, 0.25) is 0 Å². The molecule has 0 bridgehead atoms. The fourth-order valence-corrected chi connectivity index (χ4v) is 3.47. The van der Waals surface area contributed by atoms with Crippen LogP contribution in [0.25, 0.3) is 11.4 Å². The number of ether oxygens (including phenoxy) is 3. The quantitative estimate of drug-likeness (QED) is 0.415. The van der Waals surface area contributed by atoms with Crippen molar-refractivity contribution in [2.75, 3.05) is 38.2 Å². The summed E-state index contributed by atoms with van der Waals surface area (Å²) < 4.78 is 17.4. The Balaban J connectivity index is 1.76. The van der Waals surface area contributed by atoms with Gasteiger partial charge in [0.05, 0.1) is 27.1 Å². The molecule has 3 N–H and O–H groups in total. The molecule has 9 nitrogen and oxygen atoms in total. The number of methoxy groups -OCH3 is 3. The van der Waals surface area contributed by atoms with E-state index in [1.54, 1.807) is 12.1 Å². The first-order chi connectivity index (χ1) is 14.5. The first-order valence-corrected chi connectivity index (χ1v) is 9.96. The van der Waals surface area contributed by atoms with Crippen molar-refractivity contribution in [3.8, 4) is 28.6 Å². The number of nitrogens with two attached hydrogens (primary N) is 1. The second kappa shape index (κ2) is 9.40. The summed E-state index contributed by atoms with van der Waals surface area (Å²) in [6.07, 6.45) is 0. The maximum atomic E-state index is 12.3. The Bertz CT molecular complexity index is 1030. The number of nitrogens with zero attached hydrogens (tertiary/aromatic N) is 3. The van der Waals surface area contributed by atoms with E-state index in [0.29, 0.717) is 33.8 Å². The van der Waals surface area contributed by atoms with Gasteiger partial charge in [-0.1, -0.05) is 30.0 Å². The maximum absolute atomic E-state index is 12.3. The zero-order chi connectivity index (χ0) is 21.7. The third-order valence-corrected chi connectivity index (χ3v) is 5.28. The molecule has 1 heterocycles. The molecular formula is C20H23N5O4S. The largest absolute Gasteiger partial charge is 0.493 e.